The molecule has 0 aliphatic carbocycles. The van der Waals surface area contributed by atoms with Crippen molar-refractivity contribution in [1.29, 1.82) is 0 Å². The fourth-order valence-corrected chi connectivity index (χ4v) is 4.40. The molecule has 4 rings (SSSR count). The van der Waals surface area contributed by atoms with Crippen molar-refractivity contribution in [2.45, 2.75) is 30.1 Å². The molecular formula is C20H21FN4OS. The average molecular weight is 384 g/mol. The zero-order chi connectivity index (χ0) is 18.6. The van der Waals surface area contributed by atoms with Crippen LogP contribution in [0.5, 0.6) is 0 Å². The topological polar surface area (TPSA) is 50.5 Å². The number of piperidine rings is 1. The van der Waals surface area contributed by atoms with Crippen molar-refractivity contribution in [2.24, 2.45) is 0 Å². The van der Waals surface area contributed by atoms with Crippen molar-refractivity contribution in [3.05, 3.63) is 60.3 Å². The number of hydrogen-bond acceptors (Lipinski definition) is 4. The molecule has 3 heterocycles. The molecule has 27 heavy (non-hydrogen) atoms. The molecule has 1 amide bonds. The van der Waals surface area contributed by atoms with Crippen LogP contribution in [-0.2, 0) is 4.79 Å². The van der Waals surface area contributed by atoms with Crippen LogP contribution in [0.15, 0.2) is 53.6 Å². The molecule has 1 unspecified atom stereocenters. The number of carbonyl (C=O) groups is 1. The van der Waals surface area contributed by atoms with Gasteiger partial charge in [0.05, 0.1) is 0 Å². The van der Waals surface area contributed by atoms with Crippen LogP contribution in [0.3, 0.4) is 0 Å². The lowest BCUT2D eigenvalue weighted by Crippen LogP contribution is -2.39. The third-order valence-electron chi connectivity index (χ3n) is 4.89. The van der Waals surface area contributed by atoms with Gasteiger partial charge in [-0.3, -0.25) is 9.20 Å². The zero-order valence-electron chi connectivity index (χ0n) is 14.9. The Balaban J connectivity index is 1.36. The maximum atomic E-state index is 13.7. The first-order valence-corrected chi connectivity index (χ1v) is 10.2. The largest absolute Gasteiger partial charge is 0.342 e. The Bertz CT molecular complexity index is 944. The number of hydrogen-bond donors (Lipinski definition) is 0. The van der Waals surface area contributed by atoms with E-state index in [1.807, 2.05) is 39.8 Å². The number of nitrogens with zero attached hydrogens (tertiary/aromatic N) is 4. The summed E-state index contributed by atoms with van der Waals surface area (Å²) in [5, 5.41) is 8.58. The number of thioether (sulfide) groups is 1. The normalized spacial score (nSPS) is 17.4. The number of benzene rings is 1. The summed E-state index contributed by atoms with van der Waals surface area (Å²) in [6.45, 7) is 1.44. The summed E-state index contributed by atoms with van der Waals surface area (Å²) < 4.78 is 15.7. The molecule has 0 radical (unpaired) electrons. The molecular weight excluding hydrogens is 363 g/mol. The van der Waals surface area contributed by atoms with Crippen molar-refractivity contribution in [2.75, 3.05) is 18.8 Å². The molecule has 0 bridgehead atoms. The van der Waals surface area contributed by atoms with Crippen molar-refractivity contribution in [1.82, 2.24) is 19.5 Å². The number of amides is 1. The minimum atomic E-state index is -0.230. The summed E-state index contributed by atoms with van der Waals surface area (Å²) in [6, 6.07) is 12.5. The van der Waals surface area contributed by atoms with Crippen molar-refractivity contribution in [3.63, 3.8) is 0 Å². The van der Waals surface area contributed by atoms with Gasteiger partial charge >= 0.3 is 0 Å². The van der Waals surface area contributed by atoms with Crippen LogP contribution in [0.25, 0.3) is 5.65 Å². The van der Waals surface area contributed by atoms with E-state index in [4.69, 9.17) is 0 Å². The smallest absolute Gasteiger partial charge is 0.223 e. The second-order valence-corrected chi connectivity index (χ2v) is 7.83. The van der Waals surface area contributed by atoms with Crippen LogP contribution < -0.4 is 0 Å². The van der Waals surface area contributed by atoms with Gasteiger partial charge < -0.3 is 4.90 Å². The molecule has 7 heteroatoms. The SMILES string of the molecule is O=C(CCSc1ccccc1F)N1CCCC(c2nnc3ccccn23)C1. The maximum Gasteiger partial charge on any atom is 0.223 e. The lowest BCUT2D eigenvalue weighted by molar-refractivity contribution is -0.132. The van der Waals surface area contributed by atoms with E-state index >= 15 is 0 Å². The van der Waals surface area contributed by atoms with E-state index in [-0.39, 0.29) is 17.6 Å². The van der Waals surface area contributed by atoms with Gasteiger partial charge in [-0.15, -0.1) is 22.0 Å². The number of likely N-dealkylation sites (tertiary alicyclic amines) is 1. The quantitative estimate of drug-likeness (QED) is 0.629. The first-order valence-electron chi connectivity index (χ1n) is 9.17. The Hall–Kier alpha value is -2.41. The monoisotopic (exact) mass is 384 g/mol. The second-order valence-electron chi connectivity index (χ2n) is 6.69. The van der Waals surface area contributed by atoms with Gasteiger partial charge in [-0.25, -0.2) is 4.39 Å². The number of pyridine rings is 1. The molecule has 1 aromatic carbocycles. The summed E-state index contributed by atoms with van der Waals surface area (Å²) in [5.41, 5.74) is 0.831. The van der Waals surface area contributed by atoms with Gasteiger partial charge in [0.1, 0.15) is 11.6 Å². The van der Waals surface area contributed by atoms with Crippen molar-refractivity contribution >= 4 is 23.3 Å². The summed E-state index contributed by atoms with van der Waals surface area (Å²) in [4.78, 5) is 15.1. The number of fused-ring (bicyclic) bond motifs is 1. The van der Waals surface area contributed by atoms with Gasteiger partial charge in [0.2, 0.25) is 5.91 Å². The molecule has 1 aliphatic heterocycles. The highest BCUT2D eigenvalue weighted by Crippen LogP contribution is 2.27. The third kappa shape index (κ3) is 3.98. The summed E-state index contributed by atoms with van der Waals surface area (Å²) in [7, 11) is 0. The van der Waals surface area contributed by atoms with E-state index in [0.717, 1.165) is 30.9 Å². The van der Waals surface area contributed by atoms with E-state index < -0.39 is 0 Å². The Labute approximate surface area is 161 Å². The Morgan fingerprint density at radius 1 is 1.19 bits per heavy atom. The number of rotatable bonds is 5. The van der Waals surface area contributed by atoms with Gasteiger partial charge in [-0.05, 0) is 37.1 Å². The minimum absolute atomic E-state index is 0.123. The van der Waals surface area contributed by atoms with E-state index in [2.05, 4.69) is 10.2 Å². The summed E-state index contributed by atoms with van der Waals surface area (Å²) in [5.74, 6) is 1.58. The lowest BCUT2D eigenvalue weighted by atomic mass is 9.97. The van der Waals surface area contributed by atoms with Gasteiger partial charge in [0, 0.05) is 42.3 Å². The molecule has 3 aromatic rings. The molecule has 5 nitrogen and oxygen atoms in total. The van der Waals surface area contributed by atoms with Crippen LogP contribution in [-0.4, -0.2) is 44.2 Å². The molecule has 1 fully saturated rings. The fourth-order valence-electron chi connectivity index (χ4n) is 3.52. The average Bonchev–Trinajstić information content (AvgIpc) is 3.14. The van der Waals surface area contributed by atoms with E-state index in [1.54, 1.807) is 12.1 Å². The Morgan fingerprint density at radius 2 is 2.04 bits per heavy atom. The van der Waals surface area contributed by atoms with Crippen LogP contribution in [0.4, 0.5) is 4.39 Å². The second kappa shape index (κ2) is 8.08. The highest BCUT2D eigenvalue weighted by Gasteiger charge is 2.27. The molecule has 140 valence electrons. The maximum absolute atomic E-state index is 13.7. The zero-order valence-corrected chi connectivity index (χ0v) is 15.7. The number of halogens is 1. The number of carbonyl (C=O) groups excluding carboxylic acids is 1. The van der Waals surface area contributed by atoms with E-state index in [9.17, 15) is 9.18 Å². The predicted octanol–water partition coefficient (Wildman–Crippen LogP) is 3.76. The highest BCUT2D eigenvalue weighted by molar-refractivity contribution is 7.99. The first-order chi connectivity index (χ1) is 13.2. The summed E-state index contributed by atoms with van der Waals surface area (Å²) in [6.07, 6.45) is 4.34. The highest BCUT2D eigenvalue weighted by atomic mass is 32.2. The summed E-state index contributed by atoms with van der Waals surface area (Å²) >= 11 is 1.39. The van der Waals surface area contributed by atoms with Crippen molar-refractivity contribution < 1.29 is 9.18 Å². The van der Waals surface area contributed by atoms with Gasteiger partial charge in [-0.1, -0.05) is 18.2 Å². The molecule has 2 aromatic heterocycles. The Morgan fingerprint density at radius 3 is 2.93 bits per heavy atom. The lowest BCUT2D eigenvalue weighted by Gasteiger charge is -2.32. The van der Waals surface area contributed by atoms with E-state index in [1.165, 1.54) is 17.8 Å². The third-order valence-corrected chi connectivity index (χ3v) is 5.94. The van der Waals surface area contributed by atoms with Gasteiger partial charge in [-0.2, -0.15) is 0 Å². The molecule has 1 saturated heterocycles. The fraction of sp³-hybridized carbons (Fsp3) is 0.350. The predicted molar refractivity (Wildman–Crippen MR) is 103 cm³/mol. The minimum Gasteiger partial charge on any atom is -0.342 e. The van der Waals surface area contributed by atoms with Gasteiger partial charge in [0.15, 0.2) is 5.65 Å². The van der Waals surface area contributed by atoms with Gasteiger partial charge in [0.25, 0.3) is 0 Å². The standard InChI is InChI=1S/C20H21FN4OS/c21-16-7-1-2-8-17(16)27-13-10-19(26)24-11-5-6-15(14-24)20-23-22-18-9-3-4-12-25(18)20/h1-4,7-9,12,15H,5-6,10-11,13-14H2. The van der Waals surface area contributed by atoms with Crippen LogP contribution in [0, 0.1) is 5.82 Å². The van der Waals surface area contributed by atoms with Crippen LogP contribution in [0.2, 0.25) is 0 Å². The number of aromatic nitrogens is 3. The van der Waals surface area contributed by atoms with Crippen LogP contribution in [0.1, 0.15) is 31.0 Å². The molecule has 0 saturated carbocycles. The first kappa shape index (κ1) is 18.0. The molecule has 1 atom stereocenters. The molecule has 1 aliphatic rings. The Kier molecular flexibility index (Phi) is 5.38. The van der Waals surface area contributed by atoms with E-state index in [0.29, 0.717) is 23.6 Å². The molecule has 0 N–H and O–H groups in total. The van der Waals surface area contributed by atoms with Crippen LogP contribution >= 0.6 is 11.8 Å². The van der Waals surface area contributed by atoms with Crippen molar-refractivity contribution in [3.8, 4) is 0 Å². The molecule has 0 spiro atoms.